The number of hydrogen-bond donors (Lipinski definition) is 0. The maximum absolute atomic E-state index is 13.4. The number of carbonyl (C=O) groups is 1. The van der Waals surface area contributed by atoms with Crippen molar-refractivity contribution in [2.75, 3.05) is 26.2 Å². The van der Waals surface area contributed by atoms with Crippen molar-refractivity contribution < 1.29 is 18.3 Å². The zero-order valence-electron chi connectivity index (χ0n) is 16.2. The molecule has 3 aromatic rings. The van der Waals surface area contributed by atoms with E-state index in [1.165, 1.54) is 36.7 Å². The first-order chi connectivity index (χ1) is 14.5. The van der Waals surface area contributed by atoms with Crippen LogP contribution in [0.25, 0.3) is 0 Å². The Hall–Kier alpha value is -3.32. The van der Waals surface area contributed by atoms with Crippen LogP contribution in [0.1, 0.15) is 27.5 Å². The highest BCUT2D eigenvalue weighted by molar-refractivity contribution is 5.93. The molecule has 7 heteroatoms. The lowest BCUT2D eigenvalue weighted by molar-refractivity contribution is -0.605. The smallest absolute Gasteiger partial charge is 0.260 e. The van der Waals surface area contributed by atoms with E-state index in [4.69, 9.17) is 0 Å². The molecule has 30 heavy (non-hydrogen) atoms. The molecule has 0 N–H and O–H groups in total. The summed E-state index contributed by atoms with van der Waals surface area (Å²) in [4.78, 5) is 16.6. The predicted octanol–water partition coefficient (Wildman–Crippen LogP) is 3.15. The van der Waals surface area contributed by atoms with Crippen molar-refractivity contribution in [1.82, 2.24) is 9.80 Å². The Kier molecular flexibility index (Phi) is 5.72. The van der Waals surface area contributed by atoms with Crippen LogP contribution in [0.15, 0.2) is 73.1 Å². The van der Waals surface area contributed by atoms with Gasteiger partial charge in [0.15, 0.2) is 12.4 Å². The third-order valence-corrected chi connectivity index (χ3v) is 5.36. The largest absolute Gasteiger partial charge is 0.619 e. The van der Waals surface area contributed by atoms with Crippen LogP contribution < -0.4 is 4.73 Å². The van der Waals surface area contributed by atoms with Gasteiger partial charge in [-0.1, -0.05) is 24.3 Å². The molecule has 5 nitrogen and oxygen atoms in total. The van der Waals surface area contributed by atoms with Gasteiger partial charge in [-0.15, -0.1) is 0 Å². The Labute approximate surface area is 173 Å². The van der Waals surface area contributed by atoms with Gasteiger partial charge < -0.3 is 10.1 Å². The van der Waals surface area contributed by atoms with E-state index in [0.29, 0.717) is 36.5 Å². The summed E-state index contributed by atoms with van der Waals surface area (Å²) in [5, 5.41) is 11.5. The molecule has 0 atom stereocenters. The maximum atomic E-state index is 13.4. The number of carbonyl (C=O) groups excluding carboxylic acids is 1. The summed E-state index contributed by atoms with van der Waals surface area (Å²) in [6.07, 6.45) is 2.61. The molecule has 0 unspecified atom stereocenters. The lowest BCUT2D eigenvalue weighted by atomic mass is 9.96. The van der Waals surface area contributed by atoms with Gasteiger partial charge in [0.25, 0.3) is 5.91 Å². The standard InChI is InChI=1S/C23H21F2N3O2/c24-20-7-3-17(4-8-20)22(18-5-9-21(25)10-6-18)26-12-14-27(15-13-26)23(29)19-2-1-11-28(30)16-19/h1-11,16,22H,12-15H2. The second kappa shape index (κ2) is 8.59. The number of aromatic nitrogens is 1. The van der Waals surface area contributed by atoms with E-state index in [0.717, 1.165) is 11.1 Å². The molecule has 2 aromatic carbocycles. The van der Waals surface area contributed by atoms with Crippen LogP contribution in [0.2, 0.25) is 0 Å². The molecule has 1 aliphatic rings. The summed E-state index contributed by atoms with van der Waals surface area (Å²) >= 11 is 0. The molecule has 1 fully saturated rings. The molecule has 0 bridgehead atoms. The Bertz CT molecular complexity index is 972. The van der Waals surface area contributed by atoms with Crippen LogP contribution in [0, 0.1) is 16.8 Å². The number of piperazine rings is 1. The van der Waals surface area contributed by atoms with Gasteiger partial charge in [-0.05, 0) is 41.5 Å². The molecular weight excluding hydrogens is 388 g/mol. The molecule has 1 aromatic heterocycles. The lowest BCUT2D eigenvalue weighted by Crippen LogP contribution is -2.50. The van der Waals surface area contributed by atoms with E-state index in [9.17, 15) is 18.8 Å². The van der Waals surface area contributed by atoms with Crippen molar-refractivity contribution in [3.8, 4) is 0 Å². The normalized spacial score (nSPS) is 14.8. The van der Waals surface area contributed by atoms with Crippen LogP contribution >= 0.6 is 0 Å². The van der Waals surface area contributed by atoms with Crippen molar-refractivity contribution in [3.05, 3.63) is 107 Å². The summed E-state index contributed by atoms with van der Waals surface area (Å²) in [5.41, 5.74) is 2.16. The molecule has 4 rings (SSSR count). The first kappa shape index (κ1) is 20.0. The highest BCUT2D eigenvalue weighted by Gasteiger charge is 2.29. The fourth-order valence-corrected chi connectivity index (χ4v) is 3.85. The molecule has 1 aliphatic heterocycles. The topological polar surface area (TPSA) is 50.5 Å². The molecular formula is C23H21F2N3O2. The maximum Gasteiger partial charge on any atom is 0.260 e. The third-order valence-electron chi connectivity index (χ3n) is 5.36. The minimum atomic E-state index is -0.314. The van der Waals surface area contributed by atoms with E-state index >= 15 is 0 Å². The minimum absolute atomic E-state index is 0.177. The van der Waals surface area contributed by atoms with E-state index in [-0.39, 0.29) is 23.6 Å². The molecule has 0 spiro atoms. The number of rotatable bonds is 4. The van der Waals surface area contributed by atoms with Gasteiger partial charge in [0.2, 0.25) is 0 Å². The predicted molar refractivity (Wildman–Crippen MR) is 108 cm³/mol. The number of nitrogens with zero attached hydrogens (tertiary/aromatic N) is 3. The number of benzene rings is 2. The summed E-state index contributed by atoms with van der Waals surface area (Å²) in [5.74, 6) is -0.809. The van der Waals surface area contributed by atoms with Gasteiger partial charge in [-0.2, -0.15) is 4.73 Å². The van der Waals surface area contributed by atoms with Crippen LogP contribution in [0.3, 0.4) is 0 Å². The second-order valence-electron chi connectivity index (χ2n) is 7.29. The van der Waals surface area contributed by atoms with Gasteiger partial charge in [0, 0.05) is 32.2 Å². The lowest BCUT2D eigenvalue weighted by Gasteiger charge is -2.39. The van der Waals surface area contributed by atoms with Crippen molar-refractivity contribution >= 4 is 5.91 Å². The zero-order chi connectivity index (χ0) is 21.1. The van der Waals surface area contributed by atoms with Gasteiger partial charge in [-0.25, -0.2) is 8.78 Å². The summed E-state index contributed by atoms with van der Waals surface area (Å²) < 4.78 is 27.5. The number of pyridine rings is 1. The van der Waals surface area contributed by atoms with Crippen molar-refractivity contribution in [2.45, 2.75) is 6.04 Å². The summed E-state index contributed by atoms with van der Waals surface area (Å²) in [6, 6.07) is 15.6. The summed E-state index contributed by atoms with van der Waals surface area (Å²) in [6.45, 7) is 2.17. The summed E-state index contributed by atoms with van der Waals surface area (Å²) in [7, 11) is 0. The third kappa shape index (κ3) is 4.31. The first-order valence-electron chi connectivity index (χ1n) is 9.74. The van der Waals surface area contributed by atoms with Crippen LogP contribution in [0.5, 0.6) is 0 Å². The van der Waals surface area contributed by atoms with E-state index in [2.05, 4.69) is 4.90 Å². The Morgan fingerprint density at radius 1 is 0.867 bits per heavy atom. The van der Waals surface area contributed by atoms with Gasteiger partial charge >= 0.3 is 0 Å². The number of hydrogen-bond acceptors (Lipinski definition) is 3. The number of amides is 1. The highest BCUT2D eigenvalue weighted by atomic mass is 19.1. The van der Waals surface area contributed by atoms with Gasteiger partial charge in [-0.3, -0.25) is 9.69 Å². The molecule has 0 radical (unpaired) electrons. The Balaban J connectivity index is 1.54. The Morgan fingerprint density at radius 2 is 1.40 bits per heavy atom. The van der Waals surface area contributed by atoms with Gasteiger partial charge in [0.1, 0.15) is 17.2 Å². The molecule has 0 aliphatic carbocycles. The van der Waals surface area contributed by atoms with Crippen LogP contribution in [-0.4, -0.2) is 41.9 Å². The average molecular weight is 409 g/mol. The molecule has 2 heterocycles. The van der Waals surface area contributed by atoms with Crippen LogP contribution in [0.4, 0.5) is 8.78 Å². The fourth-order valence-electron chi connectivity index (χ4n) is 3.85. The molecule has 1 amide bonds. The fraction of sp³-hybridized carbons (Fsp3) is 0.217. The van der Waals surface area contributed by atoms with Crippen molar-refractivity contribution in [3.63, 3.8) is 0 Å². The monoisotopic (exact) mass is 409 g/mol. The van der Waals surface area contributed by atoms with E-state index in [1.807, 2.05) is 0 Å². The Morgan fingerprint density at radius 3 is 1.90 bits per heavy atom. The van der Waals surface area contributed by atoms with Crippen molar-refractivity contribution in [1.29, 1.82) is 0 Å². The second-order valence-corrected chi connectivity index (χ2v) is 7.29. The number of halogens is 2. The van der Waals surface area contributed by atoms with E-state index in [1.54, 1.807) is 41.3 Å². The average Bonchev–Trinajstić information content (AvgIpc) is 2.76. The van der Waals surface area contributed by atoms with E-state index < -0.39 is 0 Å². The molecule has 0 saturated carbocycles. The molecule has 1 saturated heterocycles. The molecule has 154 valence electrons. The quantitative estimate of drug-likeness (QED) is 0.491. The first-order valence-corrected chi connectivity index (χ1v) is 9.74. The van der Waals surface area contributed by atoms with Crippen molar-refractivity contribution in [2.24, 2.45) is 0 Å². The SMILES string of the molecule is O=C(c1ccc[n+]([O-])c1)N1CCN(C(c2ccc(F)cc2)c2ccc(F)cc2)CC1. The van der Waals surface area contributed by atoms with Crippen LogP contribution in [-0.2, 0) is 0 Å². The van der Waals surface area contributed by atoms with Gasteiger partial charge in [0.05, 0.1) is 6.04 Å². The highest BCUT2D eigenvalue weighted by Crippen LogP contribution is 2.30. The minimum Gasteiger partial charge on any atom is -0.619 e. The zero-order valence-corrected chi connectivity index (χ0v) is 16.2.